The molecule has 0 heterocycles. The predicted molar refractivity (Wildman–Crippen MR) is 34.5 cm³/mol. The van der Waals surface area contributed by atoms with Crippen LogP contribution in [0.4, 0.5) is 0 Å². The molecule has 32 valence electrons. The average molecular weight is 131 g/mol. The molecule has 0 nitrogen and oxygen atoms in total. The molecule has 0 radical (unpaired) electrons. The normalized spacial score (nSPS) is 2.50. The molecule has 0 N–H and O–H groups in total. The number of hydrogen-bond acceptors (Lipinski definition) is 0. The molecule has 0 aliphatic rings. The van der Waals surface area contributed by atoms with Crippen molar-refractivity contribution in [2.45, 2.75) is 0 Å². The molecule has 0 aromatic heterocycles. The van der Waals surface area contributed by atoms with Gasteiger partial charge in [-0.3, -0.25) is 0 Å². The number of rotatable bonds is 0. The molecule has 0 rings (SSSR count). The maximum absolute atomic E-state index is 4.76. The first kappa shape index (κ1) is 15.8. The van der Waals surface area contributed by atoms with Crippen LogP contribution in [0.2, 0.25) is 0 Å². The third-order valence-electron chi connectivity index (χ3n) is 0. The Labute approximate surface area is 73.6 Å². The van der Waals surface area contributed by atoms with Gasteiger partial charge in [0, 0.05) is 0 Å². The molecule has 0 saturated carbocycles. The molecule has 0 aromatic rings. The van der Waals surface area contributed by atoms with Crippen LogP contribution in [0, 0.1) is 12.8 Å². The molecular formula is C4H7CaCl. The van der Waals surface area contributed by atoms with E-state index in [1.807, 2.05) is 0 Å². The Hall–Kier alpha value is 0.850. The first-order valence-electron chi connectivity index (χ1n) is 0.960. The van der Waals surface area contributed by atoms with E-state index >= 15 is 0 Å². The van der Waals surface area contributed by atoms with Crippen LogP contribution < -0.4 is 0 Å². The molecule has 0 bridgehead atoms. The van der Waals surface area contributed by atoms with Crippen LogP contribution in [0.3, 0.4) is 0 Å². The quantitative estimate of drug-likeness (QED) is 0.335. The van der Waals surface area contributed by atoms with E-state index in [2.05, 4.69) is 19.4 Å². The van der Waals surface area contributed by atoms with Gasteiger partial charge < -0.3 is 0 Å². The molecule has 0 atom stereocenters. The fourth-order valence-electron chi connectivity index (χ4n) is 0. The Kier molecular flexibility index (Phi) is 106. The summed E-state index contributed by atoms with van der Waals surface area (Å²) in [5.41, 5.74) is 1.22. The van der Waals surface area contributed by atoms with Gasteiger partial charge in [0.1, 0.15) is 0 Å². The second kappa shape index (κ2) is 40.2. The topological polar surface area (TPSA) is 0 Å². The fourth-order valence-corrected chi connectivity index (χ4v) is 0. The molecule has 0 aliphatic heterocycles. The van der Waals surface area contributed by atoms with E-state index in [4.69, 9.17) is 11.6 Å². The Morgan fingerprint density at radius 3 is 1.50 bits per heavy atom. The van der Waals surface area contributed by atoms with Crippen LogP contribution in [0.5, 0.6) is 0 Å². The summed E-state index contributed by atoms with van der Waals surface area (Å²) in [5, 5.41) is 0. The Bertz CT molecular complexity index is 31.8. The molecule has 0 fully saturated rings. The van der Waals surface area contributed by atoms with Gasteiger partial charge in [0.25, 0.3) is 0 Å². The van der Waals surface area contributed by atoms with Gasteiger partial charge in [-0.15, -0.1) is 12.8 Å². The molecule has 0 amide bonds. The van der Waals surface area contributed by atoms with Gasteiger partial charge in [-0.2, -0.15) is 0 Å². The van der Waals surface area contributed by atoms with Gasteiger partial charge >= 0.3 is 37.7 Å². The third-order valence-corrected chi connectivity index (χ3v) is 0. The summed E-state index contributed by atoms with van der Waals surface area (Å²) in [4.78, 5) is 0. The van der Waals surface area contributed by atoms with Gasteiger partial charge in [-0.05, 0) is 5.54 Å². The van der Waals surface area contributed by atoms with E-state index in [0.29, 0.717) is 0 Å². The third kappa shape index (κ3) is 99.5. The van der Waals surface area contributed by atoms with Crippen molar-refractivity contribution in [1.82, 2.24) is 0 Å². The SMILES string of the molecule is C#C.C=CCl.[CaH2]. The minimum absolute atomic E-state index is 0. The zero-order chi connectivity index (χ0) is 4.71. The van der Waals surface area contributed by atoms with Crippen molar-refractivity contribution in [2.24, 2.45) is 0 Å². The number of terminal acetylenes is 1. The zero-order valence-electron chi connectivity index (χ0n) is 2.82. The van der Waals surface area contributed by atoms with Crippen molar-refractivity contribution >= 4 is 49.3 Å². The molecule has 0 spiro atoms. The van der Waals surface area contributed by atoms with E-state index in [9.17, 15) is 0 Å². The number of halogens is 1. The summed E-state index contributed by atoms with van der Waals surface area (Å²) in [6, 6.07) is 0. The predicted octanol–water partition coefficient (Wildman–Crippen LogP) is 0.702. The average Bonchev–Trinajstić information content (AvgIpc) is 1.46. The van der Waals surface area contributed by atoms with Crippen LogP contribution in [0.25, 0.3) is 0 Å². The zero-order valence-corrected chi connectivity index (χ0v) is 3.57. The van der Waals surface area contributed by atoms with Crippen LogP contribution in [-0.2, 0) is 0 Å². The van der Waals surface area contributed by atoms with Crippen molar-refractivity contribution in [1.29, 1.82) is 0 Å². The van der Waals surface area contributed by atoms with Crippen molar-refractivity contribution in [3.63, 3.8) is 0 Å². The van der Waals surface area contributed by atoms with E-state index in [-0.39, 0.29) is 37.7 Å². The summed E-state index contributed by atoms with van der Waals surface area (Å²) < 4.78 is 0. The van der Waals surface area contributed by atoms with Crippen LogP contribution in [0.1, 0.15) is 0 Å². The first-order valence-corrected chi connectivity index (χ1v) is 1.40. The van der Waals surface area contributed by atoms with Gasteiger partial charge in [0.15, 0.2) is 0 Å². The summed E-state index contributed by atoms with van der Waals surface area (Å²) in [6.45, 7) is 3.13. The Morgan fingerprint density at radius 1 is 1.50 bits per heavy atom. The van der Waals surface area contributed by atoms with Gasteiger partial charge in [0.2, 0.25) is 0 Å². The van der Waals surface area contributed by atoms with E-state index in [1.54, 1.807) is 0 Å². The van der Waals surface area contributed by atoms with Crippen molar-refractivity contribution < 1.29 is 0 Å². The number of hydrogen-bond donors (Lipinski definition) is 0. The molecule has 2 heteroatoms. The molecule has 0 unspecified atom stereocenters. The van der Waals surface area contributed by atoms with Crippen LogP contribution >= 0.6 is 11.6 Å². The van der Waals surface area contributed by atoms with Crippen LogP contribution in [-0.4, -0.2) is 37.7 Å². The second-order valence-corrected chi connectivity index (χ2v) is 0.463. The fraction of sp³-hybridized carbons (Fsp3) is 0. The molecule has 0 aliphatic carbocycles. The molecule has 0 aromatic carbocycles. The van der Waals surface area contributed by atoms with Crippen molar-refractivity contribution in [3.8, 4) is 12.8 Å². The maximum atomic E-state index is 4.76. The summed E-state index contributed by atoms with van der Waals surface area (Å²) in [7, 11) is 0. The van der Waals surface area contributed by atoms with E-state index in [1.165, 1.54) is 5.54 Å². The molecule has 6 heavy (non-hydrogen) atoms. The molecule has 0 saturated heterocycles. The summed E-state index contributed by atoms with van der Waals surface area (Å²) >= 11 is 4.76. The van der Waals surface area contributed by atoms with Gasteiger partial charge in [0.05, 0.1) is 0 Å². The summed E-state index contributed by atoms with van der Waals surface area (Å²) in [6.07, 6.45) is 8.00. The van der Waals surface area contributed by atoms with Crippen molar-refractivity contribution in [3.05, 3.63) is 12.1 Å². The minimum atomic E-state index is 0. The van der Waals surface area contributed by atoms with Crippen molar-refractivity contribution in [2.75, 3.05) is 0 Å². The Morgan fingerprint density at radius 2 is 1.50 bits per heavy atom. The van der Waals surface area contributed by atoms with Gasteiger partial charge in [-0.1, -0.05) is 18.2 Å². The van der Waals surface area contributed by atoms with Crippen LogP contribution in [0.15, 0.2) is 12.1 Å². The molecular weight excluding hydrogens is 124 g/mol. The Balaban J connectivity index is -0.0000000275. The van der Waals surface area contributed by atoms with Gasteiger partial charge in [-0.25, -0.2) is 0 Å². The van der Waals surface area contributed by atoms with E-state index < -0.39 is 0 Å². The second-order valence-electron chi connectivity index (χ2n) is 0.154. The van der Waals surface area contributed by atoms with E-state index in [0.717, 1.165) is 0 Å². The first-order chi connectivity index (χ1) is 2.41. The standard InChI is InChI=1S/C2H3Cl.C2H2.Ca.2H/c1-2-3;1-2;;;/h2H,1H2;1-2H;;;. The summed E-state index contributed by atoms with van der Waals surface area (Å²) in [5.74, 6) is 0. The monoisotopic (exact) mass is 130 g/mol.